The Morgan fingerprint density at radius 1 is 1.05 bits per heavy atom. The van der Waals surface area contributed by atoms with Crippen LogP contribution in [0, 0.1) is 0 Å². The van der Waals surface area contributed by atoms with Crippen molar-refractivity contribution in [2.75, 3.05) is 0 Å². The van der Waals surface area contributed by atoms with Crippen LogP contribution >= 0.6 is 0 Å². The van der Waals surface area contributed by atoms with Crippen LogP contribution < -0.4 is 5.32 Å². The topological polar surface area (TPSA) is 62.2 Å². The molecule has 0 spiro atoms. The molecule has 0 atom stereocenters. The van der Waals surface area contributed by atoms with Crippen LogP contribution in [0.2, 0.25) is 0 Å². The van der Waals surface area contributed by atoms with Crippen molar-refractivity contribution in [3.63, 3.8) is 0 Å². The van der Waals surface area contributed by atoms with Crippen molar-refractivity contribution in [3.8, 4) is 5.75 Å². The molecule has 0 bridgehead atoms. The molecule has 1 amide bonds. The second-order valence-electron chi connectivity index (χ2n) is 4.69. The third-order valence-electron chi connectivity index (χ3n) is 3.32. The molecule has 0 unspecified atom stereocenters. The Bertz CT molecular complexity index is 794. The van der Waals surface area contributed by atoms with Gasteiger partial charge in [0.15, 0.2) is 5.69 Å². The molecule has 0 fully saturated rings. The summed E-state index contributed by atoms with van der Waals surface area (Å²) in [6, 6.07) is 17.0. The van der Waals surface area contributed by atoms with E-state index in [1.165, 1.54) is 12.3 Å². The van der Waals surface area contributed by atoms with E-state index < -0.39 is 0 Å². The fourth-order valence-electron chi connectivity index (χ4n) is 2.28. The Labute approximate surface area is 122 Å². The molecule has 104 valence electrons. The van der Waals surface area contributed by atoms with Crippen LogP contribution in [0.3, 0.4) is 0 Å². The first-order valence-corrected chi connectivity index (χ1v) is 6.64. The number of fused-ring (bicyclic) bond motifs is 1. The molecule has 0 aliphatic carbocycles. The lowest BCUT2D eigenvalue weighted by Crippen LogP contribution is -2.23. The van der Waals surface area contributed by atoms with Gasteiger partial charge in [0.2, 0.25) is 0 Å². The number of rotatable bonds is 3. The quantitative estimate of drug-likeness (QED) is 0.774. The van der Waals surface area contributed by atoms with Crippen molar-refractivity contribution in [2.24, 2.45) is 0 Å². The summed E-state index contributed by atoms with van der Waals surface area (Å²) in [7, 11) is 0. The Morgan fingerprint density at radius 3 is 2.71 bits per heavy atom. The van der Waals surface area contributed by atoms with Crippen LogP contribution in [0.1, 0.15) is 16.1 Å². The monoisotopic (exact) mass is 278 g/mol. The standard InChI is InChI=1S/C17H14N2O2/c20-15-9-4-10-18-16(15)17(21)19-11-13-7-3-6-12-5-1-2-8-14(12)13/h1-10,20H,11H2,(H,19,21). The zero-order chi connectivity index (χ0) is 14.7. The van der Waals surface area contributed by atoms with Gasteiger partial charge in [-0.05, 0) is 28.5 Å². The number of hydrogen-bond donors (Lipinski definition) is 2. The average molecular weight is 278 g/mol. The minimum atomic E-state index is -0.388. The van der Waals surface area contributed by atoms with E-state index in [2.05, 4.69) is 10.3 Å². The zero-order valence-corrected chi connectivity index (χ0v) is 11.3. The van der Waals surface area contributed by atoms with Gasteiger partial charge in [-0.25, -0.2) is 4.98 Å². The minimum Gasteiger partial charge on any atom is -0.505 e. The van der Waals surface area contributed by atoms with Crippen LogP contribution in [0.4, 0.5) is 0 Å². The van der Waals surface area contributed by atoms with Crippen molar-refractivity contribution >= 4 is 16.7 Å². The summed E-state index contributed by atoms with van der Waals surface area (Å²) in [6.07, 6.45) is 1.48. The average Bonchev–Trinajstić information content (AvgIpc) is 2.53. The normalized spacial score (nSPS) is 10.5. The fraction of sp³-hybridized carbons (Fsp3) is 0.0588. The molecule has 3 rings (SSSR count). The van der Waals surface area contributed by atoms with E-state index in [0.29, 0.717) is 6.54 Å². The summed E-state index contributed by atoms with van der Waals surface area (Å²) in [5.74, 6) is -0.506. The number of carbonyl (C=O) groups is 1. The number of pyridine rings is 1. The van der Waals surface area contributed by atoms with Crippen molar-refractivity contribution < 1.29 is 9.90 Å². The summed E-state index contributed by atoms with van der Waals surface area (Å²) in [5.41, 5.74) is 1.06. The van der Waals surface area contributed by atoms with Gasteiger partial charge in [-0.15, -0.1) is 0 Å². The van der Waals surface area contributed by atoms with Gasteiger partial charge in [0.1, 0.15) is 5.75 Å². The zero-order valence-electron chi connectivity index (χ0n) is 11.3. The Kier molecular flexibility index (Phi) is 3.51. The number of carbonyl (C=O) groups excluding carboxylic acids is 1. The molecule has 4 heteroatoms. The van der Waals surface area contributed by atoms with Crippen molar-refractivity contribution in [3.05, 3.63) is 72.1 Å². The summed E-state index contributed by atoms with van der Waals surface area (Å²) < 4.78 is 0. The summed E-state index contributed by atoms with van der Waals surface area (Å²) in [5, 5.41) is 14.6. The maximum Gasteiger partial charge on any atom is 0.274 e. The largest absolute Gasteiger partial charge is 0.505 e. The predicted octanol–water partition coefficient (Wildman–Crippen LogP) is 2.87. The highest BCUT2D eigenvalue weighted by Crippen LogP contribution is 2.18. The molecule has 1 aromatic heterocycles. The van der Waals surface area contributed by atoms with Crippen molar-refractivity contribution in [1.29, 1.82) is 0 Å². The number of aromatic hydroxyl groups is 1. The number of benzene rings is 2. The van der Waals surface area contributed by atoms with Gasteiger partial charge in [-0.3, -0.25) is 4.79 Å². The van der Waals surface area contributed by atoms with Gasteiger partial charge in [0, 0.05) is 12.7 Å². The molecule has 2 aromatic carbocycles. The van der Waals surface area contributed by atoms with Crippen LogP contribution in [0.25, 0.3) is 10.8 Å². The lowest BCUT2D eigenvalue weighted by Gasteiger charge is -2.08. The van der Waals surface area contributed by atoms with E-state index in [9.17, 15) is 9.90 Å². The molecule has 0 aliphatic heterocycles. The lowest BCUT2D eigenvalue weighted by molar-refractivity contribution is 0.0943. The highest BCUT2D eigenvalue weighted by atomic mass is 16.3. The van der Waals surface area contributed by atoms with Gasteiger partial charge in [-0.1, -0.05) is 42.5 Å². The third kappa shape index (κ3) is 2.69. The van der Waals surface area contributed by atoms with Crippen LogP contribution in [-0.2, 0) is 6.54 Å². The van der Waals surface area contributed by atoms with Gasteiger partial charge >= 0.3 is 0 Å². The van der Waals surface area contributed by atoms with Gasteiger partial charge in [0.05, 0.1) is 0 Å². The highest BCUT2D eigenvalue weighted by Gasteiger charge is 2.12. The molecule has 2 N–H and O–H groups in total. The lowest BCUT2D eigenvalue weighted by atomic mass is 10.0. The fourth-order valence-corrected chi connectivity index (χ4v) is 2.28. The minimum absolute atomic E-state index is 0.0396. The Balaban J connectivity index is 1.81. The second kappa shape index (κ2) is 5.63. The number of amides is 1. The first kappa shape index (κ1) is 13.1. The number of hydrogen-bond acceptors (Lipinski definition) is 3. The molecular formula is C17H14N2O2. The third-order valence-corrected chi connectivity index (χ3v) is 3.32. The Morgan fingerprint density at radius 2 is 1.86 bits per heavy atom. The van der Waals surface area contributed by atoms with E-state index in [1.807, 2.05) is 42.5 Å². The van der Waals surface area contributed by atoms with E-state index in [0.717, 1.165) is 16.3 Å². The predicted molar refractivity (Wildman–Crippen MR) is 81.0 cm³/mol. The second-order valence-corrected chi connectivity index (χ2v) is 4.69. The number of nitrogens with one attached hydrogen (secondary N) is 1. The van der Waals surface area contributed by atoms with Crippen LogP contribution in [-0.4, -0.2) is 16.0 Å². The van der Waals surface area contributed by atoms with E-state index in [-0.39, 0.29) is 17.4 Å². The molecule has 0 radical (unpaired) electrons. The Hall–Kier alpha value is -2.88. The first-order valence-electron chi connectivity index (χ1n) is 6.64. The molecule has 21 heavy (non-hydrogen) atoms. The molecule has 0 saturated carbocycles. The summed E-state index contributed by atoms with van der Waals surface area (Å²) in [6.45, 7) is 0.385. The van der Waals surface area contributed by atoms with Crippen molar-refractivity contribution in [1.82, 2.24) is 10.3 Å². The molecule has 4 nitrogen and oxygen atoms in total. The van der Waals surface area contributed by atoms with E-state index in [1.54, 1.807) is 6.07 Å². The maximum absolute atomic E-state index is 12.0. The maximum atomic E-state index is 12.0. The van der Waals surface area contributed by atoms with E-state index in [4.69, 9.17) is 0 Å². The van der Waals surface area contributed by atoms with Gasteiger partial charge in [0.25, 0.3) is 5.91 Å². The summed E-state index contributed by atoms with van der Waals surface area (Å²) >= 11 is 0. The summed E-state index contributed by atoms with van der Waals surface area (Å²) in [4.78, 5) is 15.9. The van der Waals surface area contributed by atoms with Crippen LogP contribution in [0.15, 0.2) is 60.8 Å². The molecular weight excluding hydrogens is 264 g/mol. The SMILES string of the molecule is O=C(NCc1cccc2ccccc12)c1ncccc1O. The number of aromatic nitrogens is 1. The smallest absolute Gasteiger partial charge is 0.274 e. The molecule has 1 heterocycles. The molecule has 0 saturated heterocycles. The molecule has 3 aromatic rings. The molecule has 0 aliphatic rings. The van der Waals surface area contributed by atoms with Gasteiger partial charge < -0.3 is 10.4 Å². The van der Waals surface area contributed by atoms with Crippen molar-refractivity contribution in [2.45, 2.75) is 6.54 Å². The highest BCUT2D eigenvalue weighted by molar-refractivity contribution is 5.95. The van der Waals surface area contributed by atoms with E-state index >= 15 is 0 Å². The van der Waals surface area contributed by atoms with Crippen LogP contribution in [0.5, 0.6) is 5.75 Å². The first-order chi connectivity index (χ1) is 10.3. The van der Waals surface area contributed by atoms with Gasteiger partial charge in [-0.2, -0.15) is 0 Å². The number of nitrogens with zero attached hydrogens (tertiary/aromatic N) is 1.